The van der Waals surface area contributed by atoms with E-state index < -0.39 is 0 Å². The van der Waals surface area contributed by atoms with Crippen LogP contribution in [0.25, 0.3) is 22.3 Å². The number of halogens is 1. The van der Waals surface area contributed by atoms with Crippen molar-refractivity contribution < 1.29 is 0 Å². The molecule has 0 bridgehead atoms. The number of hydrogen-bond acceptors (Lipinski definition) is 3. The van der Waals surface area contributed by atoms with Crippen LogP contribution in [0.15, 0.2) is 53.4 Å². The summed E-state index contributed by atoms with van der Waals surface area (Å²) < 4.78 is 1.02. The highest BCUT2D eigenvalue weighted by atomic mass is 79.9. The molecule has 0 saturated carbocycles. The van der Waals surface area contributed by atoms with Gasteiger partial charge in [0, 0.05) is 27.8 Å². The normalized spacial score (nSPS) is 10.6. The van der Waals surface area contributed by atoms with Gasteiger partial charge in [0.15, 0.2) is 5.82 Å². The van der Waals surface area contributed by atoms with E-state index in [9.17, 15) is 0 Å². The lowest BCUT2D eigenvalue weighted by molar-refractivity contribution is 1.21. The predicted molar refractivity (Wildman–Crippen MR) is 70.5 cm³/mol. The SMILES string of the molecule is Brc1cccc(-c2ncc3ccncc3n2)c1. The second kappa shape index (κ2) is 4.22. The largest absolute Gasteiger partial charge is 0.262 e. The molecule has 0 radical (unpaired) electrons. The van der Waals surface area contributed by atoms with Gasteiger partial charge in [0.2, 0.25) is 0 Å². The van der Waals surface area contributed by atoms with Gasteiger partial charge in [-0.1, -0.05) is 28.1 Å². The Balaban J connectivity index is 2.18. The molecule has 0 aliphatic rings. The van der Waals surface area contributed by atoms with Gasteiger partial charge in [0.05, 0.1) is 11.7 Å². The van der Waals surface area contributed by atoms with Crippen LogP contribution in [0.5, 0.6) is 0 Å². The van der Waals surface area contributed by atoms with Gasteiger partial charge in [-0.3, -0.25) is 4.98 Å². The van der Waals surface area contributed by atoms with Crippen molar-refractivity contribution in [2.75, 3.05) is 0 Å². The van der Waals surface area contributed by atoms with E-state index >= 15 is 0 Å². The van der Waals surface area contributed by atoms with E-state index in [4.69, 9.17) is 0 Å². The fourth-order valence-electron chi connectivity index (χ4n) is 1.64. The first kappa shape index (κ1) is 10.4. The van der Waals surface area contributed by atoms with Crippen molar-refractivity contribution in [3.63, 3.8) is 0 Å². The Morgan fingerprint density at radius 2 is 2.00 bits per heavy atom. The third-order valence-corrected chi connectivity index (χ3v) is 2.96. The molecule has 3 aromatic rings. The maximum Gasteiger partial charge on any atom is 0.159 e. The average molecular weight is 286 g/mol. The summed E-state index contributed by atoms with van der Waals surface area (Å²) in [6.07, 6.45) is 5.31. The molecule has 3 nitrogen and oxygen atoms in total. The molecule has 4 heteroatoms. The minimum Gasteiger partial charge on any atom is -0.262 e. The summed E-state index contributed by atoms with van der Waals surface area (Å²) in [5, 5.41) is 0.999. The fourth-order valence-corrected chi connectivity index (χ4v) is 2.04. The maximum absolute atomic E-state index is 4.49. The van der Waals surface area contributed by atoms with Crippen molar-refractivity contribution in [1.82, 2.24) is 15.0 Å². The molecule has 0 fully saturated rings. The quantitative estimate of drug-likeness (QED) is 0.687. The van der Waals surface area contributed by atoms with Gasteiger partial charge >= 0.3 is 0 Å². The summed E-state index contributed by atoms with van der Waals surface area (Å²) in [7, 11) is 0. The zero-order valence-corrected chi connectivity index (χ0v) is 10.4. The Kier molecular flexibility index (Phi) is 2.57. The van der Waals surface area contributed by atoms with Crippen molar-refractivity contribution in [2.24, 2.45) is 0 Å². The van der Waals surface area contributed by atoms with Crippen molar-refractivity contribution in [1.29, 1.82) is 0 Å². The average Bonchev–Trinajstić information content (AvgIpc) is 2.38. The van der Waals surface area contributed by atoms with Crippen molar-refractivity contribution in [3.8, 4) is 11.4 Å². The molecule has 0 amide bonds. The van der Waals surface area contributed by atoms with E-state index in [1.165, 1.54) is 0 Å². The van der Waals surface area contributed by atoms with E-state index in [1.807, 2.05) is 36.5 Å². The molecule has 0 aliphatic carbocycles. The highest BCUT2D eigenvalue weighted by Gasteiger charge is 2.03. The maximum atomic E-state index is 4.49. The first-order valence-electron chi connectivity index (χ1n) is 5.16. The molecular formula is C13H8BrN3. The topological polar surface area (TPSA) is 38.7 Å². The summed E-state index contributed by atoms with van der Waals surface area (Å²) in [6.45, 7) is 0. The number of benzene rings is 1. The van der Waals surface area contributed by atoms with Crippen LogP contribution in [0.1, 0.15) is 0 Å². The van der Waals surface area contributed by atoms with Gasteiger partial charge in [0.25, 0.3) is 0 Å². The molecule has 0 atom stereocenters. The molecule has 82 valence electrons. The van der Waals surface area contributed by atoms with Crippen LogP contribution >= 0.6 is 15.9 Å². The van der Waals surface area contributed by atoms with Crippen molar-refractivity contribution >= 4 is 26.8 Å². The van der Waals surface area contributed by atoms with Gasteiger partial charge in [0.1, 0.15) is 0 Å². The lowest BCUT2D eigenvalue weighted by atomic mass is 10.2. The molecule has 0 spiro atoms. The number of nitrogens with zero attached hydrogens (tertiary/aromatic N) is 3. The number of rotatable bonds is 1. The molecule has 17 heavy (non-hydrogen) atoms. The zero-order valence-electron chi connectivity index (χ0n) is 8.84. The van der Waals surface area contributed by atoms with Crippen LogP contribution in [-0.2, 0) is 0 Å². The molecule has 3 rings (SSSR count). The van der Waals surface area contributed by atoms with Crippen LogP contribution in [0.2, 0.25) is 0 Å². The summed E-state index contributed by atoms with van der Waals surface area (Å²) in [5.41, 5.74) is 1.85. The first-order valence-corrected chi connectivity index (χ1v) is 5.95. The van der Waals surface area contributed by atoms with E-state index in [2.05, 4.69) is 30.9 Å². The number of fused-ring (bicyclic) bond motifs is 1. The number of pyridine rings is 1. The van der Waals surface area contributed by atoms with Gasteiger partial charge < -0.3 is 0 Å². The van der Waals surface area contributed by atoms with E-state index in [1.54, 1.807) is 12.4 Å². The monoisotopic (exact) mass is 285 g/mol. The lowest BCUT2D eigenvalue weighted by Crippen LogP contribution is -1.90. The predicted octanol–water partition coefficient (Wildman–Crippen LogP) is 3.45. The summed E-state index contributed by atoms with van der Waals surface area (Å²) in [6, 6.07) is 9.84. The van der Waals surface area contributed by atoms with Crippen LogP contribution in [0.4, 0.5) is 0 Å². The smallest absolute Gasteiger partial charge is 0.159 e. The minimum absolute atomic E-state index is 0.715. The molecule has 1 aromatic carbocycles. The van der Waals surface area contributed by atoms with Gasteiger partial charge in [-0.15, -0.1) is 0 Å². The zero-order chi connectivity index (χ0) is 11.7. The van der Waals surface area contributed by atoms with Crippen LogP contribution < -0.4 is 0 Å². The van der Waals surface area contributed by atoms with Crippen molar-refractivity contribution in [3.05, 3.63) is 53.4 Å². The Morgan fingerprint density at radius 1 is 1.06 bits per heavy atom. The Hall–Kier alpha value is -1.81. The molecule has 2 aromatic heterocycles. The van der Waals surface area contributed by atoms with E-state index in [-0.39, 0.29) is 0 Å². The lowest BCUT2D eigenvalue weighted by Gasteiger charge is -2.02. The van der Waals surface area contributed by atoms with Crippen molar-refractivity contribution in [2.45, 2.75) is 0 Å². The Bertz CT molecular complexity index is 682. The van der Waals surface area contributed by atoms with E-state index in [0.717, 1.165) is 20.9 Å². The molecule has 0 saturated heterocycles. The number of aromatic nitrogens is 3. The van der Waals surface area contributed by atoms with Gasteiger partial charge in [-0.2, -0.15) is 0 Å². The summed E-state index contributed by atoms with van der Waals surface area (Å²) >= 11 is 3.44. The fraction of sp³-hybridized carbons (Fsp3) is 0. The standard InChI is InChI=1S/C13H8BrN3/c14-11-3-1-2-9(6-11)13-16-7-10-4-5-15-8-12(10)17-13/h1-8H. The molecule has 0 aliphatic heterocycles. The third kappa shape index (κ3) is 2.03. The molecule has 2 heterocycles. The second-order valence-electron chi connectivity index (χ2n) is 3.64. The summed E-state index contributed by atoms with van der Waals surface area (Å²) in [4.78, 5) is 12.9. The summed E-state index contributed by atoms with van der Waals surface area (Å²) in [5.74, 6) is 0.715. The number of hydrogen-bond donors (Lipinski definition) is 0. The second-order valence-corrected chi connectivity index (χ2v) is 4.55. The minimum atomic E-state index is 0.715. The highest BCUT2D eigenvalue weighted by molar-refractivity contribution is 9.10. The van der Waals surface area contributed by atoms with Gasteiger partial charge in [-0.25, -0.2) is 9.97 Å². The Morgan fingerprint density at radius 3 is 2.88 bits per heavy atom. The van der Waals surface area contributed by atoms with Crippen LogP contribution in [0.3, 0.4) is 0 Å². The molecule has 0 unspecified atom stereocenters. The Labute approximate surface area is 107 Å². The molecule has 0 N–H and O–H groups in total. The first-order chi connectivity index (χ1) is 8.33. The highest BCUT2D eigenvalue weighted by Crippen LogP contribution is 2.21. The van der Waals surface area contributed by atoms with E-state index in [0.29, 0.717) is 5.82 Å². The van der Waals surface area contributed by atoms with Crippen LogP contribution in [-0.4, -0.2) is 15.0 Å². The molecular weight excluding hydrogens is 278 g/mol. The third-order valence-electron chi connectivity index (χ3n) is 2.47. The van der Waals surface area contributed by atoms with Crippen LogP contribution in [0, 0.1) is 0 Å². The van der Waals surface area contributed by atoms with Gasteiger partial charge in [-0.05, 0) is 18.2 Å².